The highest BCUT2D eigenvalue weighted by Crippen LogP contribution is 2.18. The molecule has 0 radical (unpaired) electrons. The van der Waals surface area contributed by atoms with Gasteiger partial charge in [-0.3, -0.25) is 4.79 Å². The molecule has 3 heteroatoms. The van der Waals surface area contributed by atoms with Crippen molar-refractivity contribution in [1.29, 1.82) is 0 Å². The van der Waals surface area contributed by atoms with Crippen molar-refractivity contribution in [3.8, 4) is 0 Å². The number of benzene rings is 2. The van der Waals surface area contributed by atoms with Crippen LogP contribution in [0.4, 0.5) is 0 Å². The van der Waals surface area contributed by atoms with E-state index in [0.717, 1.165) is 17.5 Å². The first-order valence-electron chi connectivity index (χ1n) is 7.08. The van der Waals surface area contributed by atoms with Gasteiger partial charge in [0.25, 0.3) is 0 Å². The molecule has 106 valence electrons. The third-order valence-corrected chi connectivity index (χ3v) is 3.43. The number of nitrogens with one attached hydrogen (secondary N) is 2. The van der Waals surface area contributed by atoms with Gasteiger partial charge < -0.3 is 10.6 Å². The van der Waals surface area contributed by atoms with E-state index in [0.29, 0.717) is 18.9 Å². The van der Waals surface area contributed by atoms with Crippen LogP contribution >= 0.6 is 0 Å². The average Bonchev–Trinajstić information content (AvgIpc) is 2.46. The van der Waals surface area contributed by atoms with E-state index in [1.165, 1.54) is 5.39 Å². The van der Waals surface area contributed by atoms with Gasteiger partial charge in [-0.15, -0.1) is 0 Å². The number of fused-ring (bicyclic) bond motifs is 1. The molecule has 0 fully saturated rings. The smallest absolute Gasteiger partial charge is 0.224 e. The van der Waals surface area contributed by atoms with E-state index >= 15 is 0 Å². The zero-order chi connectivity index (χ0) is 14.4. The molecule has 20 heavy (non-hydrogen) atoms. The Hall–Kier alpha value is -1.87. The van der Waals surface area contributed by atoms with Gasteiger partial charge in [-0.05, 0) is 35.8 Å². The molecule has 0 aliphatic carbocycles. The topological polar surface area (TPSA) is 41.1 Å². The maximum atomic E-state index is 12.0. The second kappa shape index (κ2) is 7.06. The Morgan fingerprint density at radius 2 is 1.85 bits per heavy atom. The van der Waals surface area contributed by atoms with E-state index in [1.54, 1.807) is 0 Å². The highest BCUT2D eigenvalue weighted by molar-refractivity contribution is 5.90. The Kier molecular flexibility index (Phi) is 5.13. The zero-order valence-corrected chi connectivity index (χ0v) is 12.1. The van der Waals surface area contributed by atoms with Crippen LogP contribution in [0.25, 0.3) is 10.8 Å². The molecule has 0 aliphatic heterocycles. The molecule has 2 aromatic carbocycles. The van der Waals surface area contributed by atoms with E-state index in [9.17, 15) is 4.79 Å². The number of hydrogen-bond donors (Lipinski definition) is 2. The van der Waals surface area contributed by atoms with Crippen molar-refractivity contribution in [3.63, 3.8) is 0 Å². The fraction of sp³-hybridized carbons (Fsp3) is 0.353. The second-order valence-electron chi connectivity index (χ2n) is 5.28. The molecule has 0 aromatic heterocycles. The molecule has 3 nitrogen and oxygen atoms in total. The van der Waals surface area contributed by atoms with Gasteiger partial charge in [0.15, 0.2) is 0 Å². The maximum Gasteiger partial charge on any atom is 0.224 e. The Morgan fingerprint density at radius 3 is 2.65 bits per heavy atom. The highest BCUT2D eigenvalue weighted by Gasteiger charge is 2.08. The lowest BCUT2D eigenvalue weighted by Gasteiger charge is -2.12. The van der Waals surface area contributed by atoms with Crippen LogP contribution in [0.15, 0.2) is 42.5 Å². The number of hydrogen-bond acceptors (Lipinski definition) is 2. The molecule has 0 saturated carbocycles. The van der Waals surface area contributed by atoms with Crippen LogP contribution in [0.5, 0.6) is 0 Å². The lowest BCUT2D eigenvalue weighted by molar-refractivity contribution is -0.120. The molecule has 1 amide bonds. The first kappa shape index (κ1) is 14.5. The number of carbonyl (C=O) groups is 1. The van der Waals surface area contributed by atoms with Gasteiger partial charge in [0, 0.05) is 6.54 Å². The molecule has 1 unspecified atom stereocenters. The molecule has 0 spiro atoms. The minimum absolute atomic E-state index is 0.0873. The Bertz CT molecular complexity index is 575. The first-order chi connectivity index (χ1) is 9.70. The lowest BCUT2D eigenvalue weighted by Crippen LogP contribution is -2.33. The van der Waals surface area contributed by atoms with Gasteiger partial charge in [0.05, 0.1) is 6.42 Å². The van der Waals surface area contributed by atoms with Crippen molar-refractivity contribution < 1.29 is 4.79 Å². The van der Waals surface area contributed by atoms with Crippen LogP contribution < -0.4 is 10.6 Å². The average molecular weight is 270 g/mol. The number of amides is 1. The molecule has 0 heterocycles. The van der Waals surface area contributed by atoms with Crippen LogP contribution in [0.3, 0.4) is 0 Å². The van der Waals surface area contributed by atoms with Crippen LogP contribution in [-0.4, -0.2) is 26.0 Å². The van der Waals surface area contributed by atoms with Gasteiger partial charge in [-0.1, -0.05) is 49.4 Å². The number of carbonyl (C=O) groups excluding carboxylic acids is 1. The predicted molar refractivity (Wildman–Crippen MR) is 83.8 cm³/mol. The monoisotopic (exact) mass is 270 g/mol. The van der Waals surface area contributed by atoms with Crippen LogP contribution in [0.2, 0.25) is 0 Å². The fourth-order valence-electron chi connectivity index (χ4n) is 2.39. The SMILES string of the molecule is CNCC(C)CNC(=O)Cc1cccc2ccccc12. The van der Waals surface area contributed by atoms with Crippen molar-refractivity contribution in [3.05, 3.63) is 48.0 Å². The van der Waals surface area contributed by atoms with Crippen molar-refractivity contribution in [2.75, 3.05) is 20.1 Å². The normalized spacial score (nSPS) is 12.3. The molecule has 1 atom stereocenters. The van der Waals surface area contributed by atoms with Crippen LogP contribution in [0.1, 0.15) is 12.5 Å². The maximum absolute atomic E-state index is 12.0. The number of rotatable bonds is 6. The van der Waals surface area contributed by atoms with Crippen LogP contribution in [-0.2, 0) is 11.2 Å². The fourth-order valence-corrected chi connectivity index (χ4v) is 2.39. The van der Waals surface area contributed by atoms with Gasteiger partial charge in [-0.2, -0.15) is 0 Å². The summed E-state index contributed by atoms with van der Waals surface area (Å²) in [6.07, 6.45) is 0.438. The molecule has 0 aliphatic rings. The van der Waals surface area contributed by atoms with Crippen molar-refractivity contribution in [2.45, 2.75) is 13.3 Å². The summed E-state index contributed by atoms with van der Waals surface area (Å²) in [6, 6.07) is 14.3. The van der Waals surface area contributed by atoms with E-state index < -0.39 is 0 Å². The van der Waals surface area contributed by atoms with Gasteiger partial charge >= 0.3 is 0 Å². The molecular weight excluding hydrogens is 248 g/mol. The van der Waals surface area contributed by atoms with Crippen molar-refractivity contribution in [1.82, 2.24) is 10.6 Å². The molecule has 2 rings (SSSR count). The quantitative estimate of drug-likeness (QED) is 0.846. The Labute approximate surface area is 120 Å². The Balaban J connectivity index is 1.99. The molecule has 0 saturated heterocycles. The van der Waals surface area contributed by atoms with Crippen LogP contribution in [0, 0.1) is 5.92 Å². The summed E-state index contributed by atoms with van der Waals surface area (Å²) in [6.45, 7) is 3.74. The predicted octanol–water partition coefficient (Wildman–Crippen LogP) is 2.35. The summed E-state index contributed by atoms with van der Waals surface area (Å²) < 4.78 is 0. The Morgan fingerprint density at radius 1 is 1.10 bits per heavy atom. The minimum Gasteiger partial charge on any atom is -0.355 e. The van der Waals surface area contributed by atoms with E-state index in [-0.39, 0.29) is 5.91 Å². The zero-order valence-electron chi connectivity index (χ0n) is 12.1. The first-order valence-corrected chi connectivity index (χ1v) is 7.08. The van der Waals surface area contributed by atoms with Gasteiger partial charge in [0.2, 0.25) is 5.91 Å². The summed E-state index contributed by atoms with van der Waals surface area (Å²) in [4.78, 5) is 12.0. The van der Waals surface area contributed by atoms with E-state index in [2.05, 4.69) is 35.8 Å². The summed E-state index contributed by atoms with van der Waals surface area (Å²) >= 11 is 0. The lowest BCUT2D eigenvalue weighted by atomic mass is 10.0. The largest absolute Gasteiger partial charge is 0.355 e. The summed E-state index contributed by atoms with van der Waals surface area (Å²) in [5.74, 6) is 0.528. The summed E-state index contributed by atoms with van der Waals surface area (Å²) in [5, 5.41) is 8.46. The third kappa shape index (κ3) is 3.81. The standard InChI is InChI=1S/C17H22N2O/c1-13(11-18-2)12-19-17(20)10-15-8-5-7-14-6-3-4-9-16(14)15/h3-9,13,18H,10-12H2,1-2H3,(H,19,20). The molecular formula is C17H22N2O. The second-order valence-corrected chi connectivity index (χ2v) is 5.28. The minimum atomic E-state index is 0.0873. The van der Waals surface area contributed by atoms with E-state index in [1.807, 2.05) is 31.3 Å². The third-order valence-electron chi connectivity index (χ3n) is 3.43. The highest BCUT2D eigenvalue weighted by atomic mass is 16.1. The molecule has 0 bridgehead atoms. The van der Waals surface area contributed by atoms with Crippen molar-refractivity contribution >= 4 is 16.7 Å². The van der Waals surface area contributed by atoms with Crippen molar-refractivity contribution in [2.24, 2.45) is 5.92 Å². The summed E-state index contributed by atoms with van der Waals surface area (Å²) in [5.41, 5.74) is 1.09. The van der Waals surface area contributed by atoms with Gasteiger partial charge in [0.1, 0.15) is 0 Å². The molecule has 2 aromatic rings. The van der Waals surface area contributed by atoms with E-state index in [4.69, 9.17) is 0 Å². The summed E-state index contributed by atoms with van der Waals surface area (Å²) in [7, 11) is 1.93. The molecule has 2 N–H and O–H groups in total. The van der Waals surface area contributed by atoms with Gasteiger partial charge in [-0.25, -0.2) is 0 Å².